The van der Waals surface area contributed by atoms with Gasteiger partial charge in [0.1, 0.15) is 0 Å². The molecule has 0 aromatic carbocycles. The molecule has 5 heteroatoms. The molecule has 1 aromatic heterocycles. The lowest BCUT2D eigenvalue weighted by Crippen LogP contribution is -2.06. The Kier molecular flexibility index (Phi) is 6.41. The maximum Gasteiger partial charge on any atom is 0.417 e. The van der Waals surface area contributed by atoms with Crippen molar-refractivity contribution < 1.29 is 13.2 Å². The molecule has 0 aliphatic carbocycles. The van der Waals surface area contributed by atoms with Gasteiger partial charge in [0.2, 0.25) is 0 Å². The summed E-state index contributed by atoms with van der Waals surface area (Å²) in [4.78, 5) is 3.61. The SMILES string of the molecule is CCC.CCc1ncc(C(F)(F)F)cc1Cl. The third kappa shape index (κ3) is 4.84. The lowest BCUT2D eigenvalue weighted by atomic mass is 10.2. The number of aryl methyl sites for hydroxylation is 1. The molecule has 0 N–H and O–H groups in total. The number of hydrogen-bond donors (Lipinski definition) is 0. The van der Waals surface area contributed by atoms with Crippen molar-refractivity contribution >= 4 is 11.6 Å². The minimum Gasteiger partial charge on any atom is -0.259 e. The lowest BCUT2D eigenvalue weighted by molar-refractivity contribution is -0.137. The van der Waals surface area contributed by atoms with Crippen LogP contribution in [0.5, 0.6) is 0 Å². The van der Waals surface area contributed by atoms with Crippen LogP contribution in [0, 0.1) is 0 Å². The van der Waals surface area contributed by atoms with Crippen LogP contribution in [0.3, 0.4) is 0 Å². The Morgan fingerprint density at radius 3 is 2.06 bits per heavy atom. The van der Waals surface area contributed by atoms with Crippen LogP contribution in [0.4, 0.5) is 13.2 Å². The molecule has 0 aliphatic heterocycles. The quantitative estimate of drug-likeness (QED) is 0.705. The third-order valence-corrected chi connectivity index (χ3v) is 1.91. The maximum absolute atomic E-state index is 12.1. The van der Waals surface area contributed by atoms with Crippen LogP contribution in [0.2, 0.25) is 5.02 Å². The van der Waals surface area contributed by atoms with E-state index >= 15 is 0 Å². The molecule has 0 saturated carbocycles. The summed E-state index contributed by atoms with van der Waals surface area (Å²) in [5.74, 6) is 0. The fraction of sp³-hybridized carbons (Fsp3) is 0.545. The van der Waals surface area contributed by atoms with Gasteiger partial charge in [0.15, 0.2) is 0 Å². The first-order valence-corrected chi connectivity index (χ1v) is 5.46. The van der Waals surface area contributed by atoms with Crippen molar-refractivity contribution in [3.05, 3.63) is 28.5 Å². The van der Waals surface area contributed by atoms with Crippen molar-refractivity contribution in [2.45, 2.75) is 39.8 Å². The predicted molar refractivity (Wildman–Crippen MR) is 59.6 cm³/mol. The summed E-state index contributed by atoms with van der Waals surface area (Å²) in [6.07, 6.45) is -1.80. The molecule has 0 radical (unpaired) electrons. The van der Waals surface area contributed by atoms with Crippen molar-refractivity contribution in [3.63, 3.8) is 0 Å². The highest BCUT2D eigenvalue weighted by Gasteiger charge is 2.31. The van der Waals surface area contributed by atoms with E-state index < -0.39 is 11.7 Å². The highest BCUT2D eigenvalue weighted by Crippen LogP contribution is 2.30. The van der Waals surface area contributed by atoms with Gasteiger partial charge in [-0.25, -0.2) is 0 Å². The van der Waals surface area contributed by atoms with Crippen molar-refractivity contribution in [3.8, 4) is 0 Å². The molecule has 0 unspecified atom stereocenters. The van der Waals surface area contributed by atoms with Crippen LogP contribution in [-0.2, 0) is 12.6 Å². The zero-order valence-corrected chi connectivity index (χ0v) is 10.3. The Labute approximate surface area is 98.6 Å². The molecule has 0 saturated heterocycles. The van der Waals surface area contributed by atoms with Crippen LogP contribution >= 0.6 is 11.6 Å². The molecule has 0 fully saturated rings. The molecular weight excluding hydrogens is 239 g/mol. The molecule has 0 bridgehead atoms. The normalized spacial score (nSPS) is 10.7. The molecule has 0 atom stereocenters. The van der Waals surface area contributed by atoms with Gasteiger partial charge in [0, 0.05) is 6.20 Å². The largest absolute Gasteiger partial charge is 0.417 e. The monoisotopic (exact) mass is 253 g/mol. The van der Waals surface area contributed by atoms with E-state index in [1.807, 2.05) is 0 Å². The lowest BCUT2D eigenvalue weighted by Gasteiger charge is -2.07. The van der Waals surface area contributed by atoms with Crippen LogP contribution in [0.25, 0.3) is 0 Å². The first-order chi connectivity index (χ1) is 7.36. The molecule has 1 rings (SSSR count). The molecule has 92 valence electrons. The van der Waals surface area contributed by atoms with Crippen molar-refractivity contribution in [2.24, 2.45) is 0 Å². The van der Waals surface area contributed by atoms with Crippen LogP contribution in [0.1, 0.15) is 38.4 Å². The minimum absolute atomic E-state index is 0.0670. The van der Waals surface area contributed by atoms with Gasteiger partial charge < -0.3 is 0 Å². The molecule has 0 amide bonds. The summed E-state index contributed by atoms with van der Waals surface area (Å²) in [5.41, 5.74) is -0.329. The van der Waals surface area contributed by atoms with E-state index in [0.29, 0.717) is 12.1 Å². The fourth-order valence-corrected chi connectivity index (χ4v) is 1.18. The predicted octanol–water partition coefficient (Wildman–Crippen LogP) is 4.73. The van der Waals surface area contributed by atoms with Gasteiger partial charge in [-0.2, -0.15) is 13.2 Å². The second-order valence-corrected chi connectivity index (χ2v) is 3.62. The van der Waals surface area contributed by atoms with E-state index in [2.05, 4.69) is 18.8 Å². The third-order valence-electron chi connectivity index (χ3n) is 1.58. The molecule has 0 spiro atoms. The number of nitrogens with zero attached hydrogens (tertiary/aromatic N) is 1. The van der Waals surface area contributed by atoms with Gasteiger partial charge in [0.05, 0.1) is 16.3 Å². The average molecular weight is 254 g/mol. The Hall–Kier alpha value is -0.770. The number of pyridine rings is 1. The topological polar surface area (TPSA) is 12.9 Å². The Bertz CT molecular complexity index is 323. The smallest absolute Gasteiger partial charge is 0.259 e. The Balaban J connectivity index is 0.000000673. The molecule has 16 heavy (non-hydrogen) atoms. The first-order valence-electron chi connectivity index (χ1n) is 5.08. The van der Waals surface area contributed by atoms with E-state index in [-0.39, 0.29) is 5.02 Å². The number of aromatic nitrogens is 1. The number of alkyl halides is 3. The van der Waals surface area contributed by atoms with Gasteiger partial charge in [-0.15, -0.1) is 0 Å². The number of hydrogen-bond acceptors (Lipinski definition) is 1. The first kappa shape index (κ1) is 15.2. The second-order valence-electron chi connectivity index (χ2n) is 3.21. The Morgan fingerprint density at radius 1 is 1.25 bits per heavy atom. The van der Waals surface area contributed by atoms with E-state index in [9.17, 15) is 13.2 Å². The average Bonchev–Trinajstić information content (AvgIpc) is 2.17. The van der Waals surface area contributed by atoms with Gasteiger partial charge in [-0.3, -0.25) is 4.98 Å². The van der Waals surface area contributed by atoms with Gasteiger partial charge in [-0.05, 0) is 12.5 Å². The van der Waals surface area contributed by atoms with E-state index in [1.54, 1.807) is 6.92 Å². The van der Waals surface area contributed by atoms with Crippen LogP contribution in [0.15, 0.2) is 12.3 Å². The minimum atomic E-state index is -4.37. The summed E-state index contributed by atoms with van der Waals surface area (Å²) in [6, 6.07) is 0.896. The van der Waals surface area contributed by atoms with Crippen LogP contribution in [-0.4, -0.2) is 4.98 Å². The molecule has 0 aliphatic rings. The second kappa shape index (κ2) is 6.74. The summed E-state index contributed by atoms with van der Waals surface area (Å²) >= 11 is 5.57. The molecule has 1 heterocycles. The summed E-state index contributed by atoms with van der Waals surface area (Å²) < 4.78 is 36.3. The van der Waals surface area contributed by atoms with Gasteiger partial charge >= 0.3 is 6.18 Å². The standard InChI is InChI=1S/C8H7ClF3N.C3H8/c1-2-7-6(9)3-5(4-13-7)8(10,11)12;1-3-2/h3-4H,2H2,1H3;3H2,1-2H3. The highest BCUT2D eigenvalue weighted by molar-refractivity contribution is 6.31. The molecule has 1 nitrogen and oxygen atoms in total. The summed E-state index contributed by atoms with van der Waals surface area (Å²) in [5, 5.41) is 0.0670. The Morgan fingerprint density at radius 2 is 1.75 bits per heavy atom. The summed E-state index contributed by atoms with van der Waals surface area (Å²) in [6.45, 7) is 6.03. The van der Waals surface area contributed by atoms with Gasteiger partial charge in [-0.1, -0.05) is 38.8 Å². The zero-order chi connectivity index (χ0) is 12.8. The number of halogens is 4. The van der Waals surface area contributed by atoms with Crippen LogP contribution < -0.4 is 0 Å². The summed E-state index contributed by atoms with van der Waals surface area (Å²) in [7, 11) is 0. The van der Waals surface area contributed by atoms with Gasteiger partial charge in [0.25, 0.3) is 0 Å². The van der Waals surface area contributed by atoms with Crippen molar-refractivity contribution in [2.75, 3.05) is 0 Å². The van der Waals surface area contributed by atoms with E-state index in [1.165, 1.54) is 6.42 Å². The van der Waals surface area contributed by atoms with Crippen molar-refractivity contribution in [1.82, 2.24) is 4.98 Å². The van der Waals surface area contributed by atoms with E-state index in [4.69, 9.17) is 11.6 Å². The molecular formula is C11H15ClF3N. The maximum atomic E-state index is 12.1. The molecule has 1 aromatic rings. The fourth-order valence-electron chi connectivity index (χ4n) is 0.881. The van der Waals surface area contributed by atoms with E-state index in [0.717, 1.165) is 12.3 Å². The van der Waals surface area contributed by atoms with Crippen molar-refractivity contribution in [1.29, 1.82) is 0 Å². The highest BCUT2D eigenvalue weighted by atomic mass is 35.5. The number of rotatable bonds is 1. The zero-order valence-electron chi connectivity index (χ0n) is 9.53.